The smallest absolute Gasteiger partial charge is 0.267 e. The van der Waals surface area contributed by atoms with Crippen molar-refractivity contribution in [2.24, 2.45) is 5.73 Å². The molecule has 5 nitrogen and oxygen atoms in total. The number of aromatic nitrogens is 1. The molecule has 0 aromatic carbocycles. The molecule has 1 saturated carbocycles. The third-order valence-corrected chi connectivity index (χ3v) is 2.06. The highest BCUT2D eigenvalue weighted by atomic mass is 16.5. The van der Waals surface area contributed by atoms with Crippen molar-refractivity contribution < 1.29 is 14.3 Å². The van der Waals surface area contributed by atoms with Crippen LogP contribution in [0.2, 0.25) is 0 Å². The highest BCUT2D eigenvalue weighted by Crippen LogP contribution is 2.28. The normalized spacial score (nSPS) is 14.7. The van der Waals surface area contributed by atoms with Gasteiger partial charge in [0.1, 0.15) is 11.4 Å². The topological polar surface area (TPSA) is 74.4 Å². The van der Waals surface area contributed by atoms with Crippen molar-refractivity contribution in [3.63, 3.8) is 0 Å². The first-order valence-electron chi connectivity index (χ1n) is 4.71. The minimum atomic E-state index is -0.588. The van der Waals surface area contributed by atoms with Crippen LogP contribution in [0.3, 0.4) is 0 Å². The van der Waals surface area contributed by atoms with Crippen LogP contribution in [0.25, 0.3) is 0 Å². The van der Waals surface area contributed by atoms with Crippen molar-refractivity contribution in [1.82, 2.24) is 4.98 Å². The van der Waals surface area contributed by atoms with Crippen molar-refractivity contribution in [1.29, 1.82) is 0 Å². The summed E-state index contributed by atoms with van der Waals surface area (Å²) in [5.74, 6) is 0.328. The standard InChI is InChI=1S/C10H12N2O3/c1-14-9-5-7(15-6-2-3-6)4-8(12-9)10(11)13/h4-6H,2-3H2,1H3,(H2,11,13). The molecule has 0 radical (unpaired) electrons. The molecule has 5 heteroatoms. The Kier molecular flexibility index (Phi) is 2.45. The Bertz CT molecular complexity index is 388. The summed E-state index contributed by atoms with van der Waals surface area (Å²) in [4.78, 5) is 14.9. The van der Waals surface area contributed by atoms with Gasteiger partial charge in [-0.3, -0.25) is 4.79 Å². The van der Waals surface area contributed by atoms with Crippen LogP contribution in [0.15, 0.2) is 12.1 Å². The summed E-state index contributed by atoms with van der Waals surface area (Å²) in [6.07, 6.45) is 2.37. The molecule has 80 valence electrons. The number of carbonyl (C=O) groups is 1. The van der Waals surface area contributed by atoms with Crippen molar-refractivity contribution in [2.75, 3.05) is 7.11 Å². The van der Waals surface area contributed by atoms with E-state index in [1.54, 1.807) is 6.07 Å². The summed E-state index contributed by atoms with van der Waals surface area (Å²) in [7, 11) is 1.48. The van der Waals surface area contributed by atoms with Gasteiger partial charge in [-0.2, -0.15) is 0 Å². The van der Waals surface area contributed by atoms with Crippen LogP contribution in [0, 0.1) is 0 Å². The Balaban J connectivity index is 2.27. The van der Waals surface area contributed by atoms with E-state index in [1.807, 2.05) is 0 Å². The lowest BCUT2D eigenvalue weighted by atomic mass is 10.3. The van der Waals surface area contributed by atoms with Crippen molar-refractivity contribution in [2.45, 2.75) is 18.9 Å². The molecule has 0 unspecified atom stereocenters. The summed E-state index contributed by atoms with van der Waals surface area (Å²) in [6, 6.07) is 3.17. The number of amides is 1. The molecule has 1 fully saturated rings. The van der Waals surface area contributed by atoms with Crippen molar-refractivity contribution in [3.05, 3.63) is 17.8 Å². The Hall–Kier alpha value is -1.78. The first kappa shape index (κ1) is 9.76. The highest BCUT2D eigenvalue weighted by Gasteiger charge is 2.24. The molecule has 1 aromatic rings. The Morgan fingerprint density at radius 3 is 2.80 bits per heavy atom. The predicted octanol–water partition coefficient (Wildman–Crippen LogP) is 0.730. The van der Waals surface area contributed by atoms with E-state index < -0.39 is 5.91 Å². The second-order valence-corrected chi connectivity index (χ2v) is 3.41. The number of hydrogen-bond donors (Lipinski definition) is 1. The maximum Gasteiger partial charge on any atom is 0.267 e. The van der Waals surface area contributed by atoms with E-state index in [0.717, 1.165) is 12.8 Å². The average Bonchev–Trinajstić information content (AvgIpc) is 3.01. The quantitative estimate of drug-likeness (QED) is 0.791. The fourth-order valence-corrected chi connectivity index (χ4v) is 1.16. The number of hydrogen-bond acceptors (Lipinski definition) is 4. The van der Waals surface area contributed by atoms with E-state index in [0.29, 0.717) is 11.6 Å². The number of rotatable bonds is 4. The van der Waals surface area contributed by atoms with E-state index in [4.69, 9.17) is 15.2 Å². The Morgan fingerprint density at radius 2 is 2.27 bits per heavy atom. The number of nitrogens with two attached hydrogens (primary N) is 1. The van der Waals surface area contributed by atoms with E-state index in [2.05, 4.69) is 4.98 Å². The monoisotopic (exact) mass is 208 g/mol. The van der Waals surface area contributed by atoms with Gasteiger partial charge in [0.15, 0.2) is 0 Å². The van der Waals surface area contributed by atoms with Gasteiger partial charge in [-0.05, 0) is 12.8 Å². The third-order valence-electron chi connectivity index (χ3n) is 2.06. The van der Waals surface area contributed by atoms with Gasteiger partial charge in [0.05, 0.1) is 13.2 Å². The molecule has 1 aliphatic rings. The van der Waals surface area contributed by atoms with Crippen LogP contribution in [0.4, 0.5) is 0 Å². The zero-order valence-electron chi connectivity index (χ0n) is 8.40. The molecular formula is C10H12N2O3. The predicted molar refractivity (Wildman–Crippen MR) is 53.0 cm³/mol. The minimum absolute atomic E-state index is 0.157. The van der Waals surface area contributed by atoms with Crippen LogP contribution in [0.5, 0.6) is 11.6 Å². The molecule has 1 heterocycles. The molecular weight excluding hydrogens is 196 g/mol. The molecule has 1 amide bonds. The fourth-order valence-electron chi connectivity index (χ4n) is 1.16. The summed E-state index contributed by atoms with van der Waals surface area (Å²) in [5, 5.41) is 0. The van der Waals surface area contributed by atoms with E-state index in [9.17, 15) is 4.79 Å². The summed E-state index contributed by atoms with van der Waals surface area (Å²) in [5.41, 5.74) is 5.30. The van der Waals surface area contributed by atoms with Crippen LogP contribution in [-0.4, -0.2) is 24.1 Å². The van der Waals surface area contributed by atoms with E-state index in [1.165, 1.54) is 13.2 Å². The van der Waals surface area contributed by atoms with Gasteiger partial charge in [0.2, 0.25) is 5.88 Å². The summed E-state index contributed by atoms with van der Waals surface area (Å²) < 4.78 is 10.5. The second kappa shape index (κ2) is 3.76. The van der Waals surface area contributed by atoms with Gasteiger partial charge in [-0.1, -0.05) is 0 Å². The zero-order valence-corrected chi connectivity index (χ0v) is 8.40. The average molecular weight is 208 g/mol. The molecule has 0 bridgehead atoms. The van der Waals surface area contributed by atoms with E-state index >= 15 is 0 Å². The number of primary amides is 1. The summed E-state index contributed by atoms with van der Waals surface area (Å²) >= 11 is 0. The minimum Gasteiger partial charge on any atom is -0.490 e. The molecule has 0 saturated heterocycles. The molecule has 2 N–H and O–H groups in total. The van der Waals surface area contributed by atoms with Crippen LogP contribution in [0.1, 0.15) is 23.3 Å². The molecule has 15 heavy (non-hydrogen) atoms. The van der Waals surface area contributed by atoms with Gasteiger partial charge < -0.3 is 15.2 Å². The van der Waals surface area contributed by atoms with Gasteiger partial charge in [-0.15, -0.1) is 0 Å². The third kappa shape index (κ3) is 2.37. The lowest BCUT2D eigenvalue weighted by Crippen LogP contribution is -2.13. The van der Waals surface area contributed by atoms with Crippen LogP contribution in [-0.2, 0) is 0 Å². The largest absolute Gasteiger partial charge is 0.490 e. The maximum absolute atomic E-state index is 11.0. The van der Waals surface area contributed by atoms with Gasteiger partial charge in [-0.25, -0.2) is 4.98 Å². The molecule has 1 aromatic heterocycles. The van der Waals surface area contributed by atoms with Gasteiger partial charge in [0, 0.05) is 12.1 Å². The van der Waals surface area contributed by atoms with E-state index in [-0.39, 0.29) is 11.8 Å². The van der Waals surface area contributed by atoms with Crippen molar-refractivity contribution in [3.8, 4) is 11.6 Å². The Labute approximate surface area is 87.2 Å². The molecule has 1 aliphatic carbocycles. The molecule has 0 aliphatic heterocycles. The maximum atomic E-state index is 11.0. The van der Waals surface area contributed by atoms with Crippen LogP contribution >= 0.6 is 0 Å². The molecule has 0 atom stereocenters. The first-order chi connectivity index (χ1) is 7.19. The Morgan fingerprint density at radius 1 is 1.53 bits per heavy atom. The first-order valence-corrected chi connectivity index (χ1v) is 4.71. The zero-order chi connectivity index (χ0) is 10.8. The molecule has 0 spiro atoms. The van der Waals surface area contributed by atoms with Crippen LogP contribution < -0.4 is 15.2 Å². The lowest BCUT2D eigenvalue weighted by molar-refractivity contribution is 0.0994. The second-order valence-electron chi connectivity index (χ2n) is 3.41. The number of pyridine rings is 1. The number of carbonyl (C=O) groups excluding carboxylic acids is 1. The SMILES string of the molecule is COc1cc(OC2CC2)cc(C(N)=O)n1. The van der Waals surface area contributed by atoms with Gasteiger partial charge in [0.25, 0.3) is 5.91 Å². The fraction of sp³-hybridized carbons (Fsp3) is 0.400. The van der Waals surface area contributed by atoms with Crippen molar-refractivity contribution >= 4 is 5.91 Å². The number of nitrogens with zero attached hydrogens (tertiary/aromatic N) is 1. The van der Waals surface area contributed by atoms with Gasteiger partial charge >= 0.3 is 0 Å². The summed E-state index contributed by atoms with van der Waals surface area (Å²) in [6.45, 7) is 0. The number of methoxy groups -OCH3 is 1. The molecule has 2 rings (SSSR count). The number of ether oxygens (including phenoxy) is 2. The lowest BCUT2D eigenvalue weighted by Gasteiger charge is -2.07. The highest BCUT2D eigenvalue weighted by molar-refractivity contribution is 5.91.